The molecule has 0 spiro atoms. The number of aromatic nitrogens is 2. The number of likely N-dealkylation sites (N-methyl/N-ethyl adjacent to an activating group) is 1. The molecule has 0 radical (unpaired) electrons. The Morgan fingerprint density at radius 1 is 1.24 bits per heavy atom. The minimum Gasteiger partial charge on any atom is -0.337 e. The largest absolute Gasteiger partial charge is 0.337 e. The summed E-state index contributed by atoms with van der Waals surface area (Å²) >= 11 is 0. The molecule has 1 aromatic carbocycles. The number of nitrogens with zero attached hydrogens (tertiary/aromatic N) is 3. The van der Waals surface area contributed by atoms with E-state index in [1.807, 2.05) is 20.9 Å². The third-order valence-electron chi connectivity index (χ3n) is 4.49. The number of piperidine rings is 1. The van der Waals surface area contributed by atoms with Crippen molar-refractivity contribution in [2.75, 3.05) is 20.1 Å². The van der Waals surface area contributed by atoms with E-state index in [9.17, 15) is 9.18 Å². The molecule has 5 nitrogen and oxygen atoms in total. The number of amides is 1. The first-order chi connectivity index (χ1) is 11.0. The fourth-order valence-electron chi connectivity index (χ4n) is 3.03. The molecule has 1 amide bonds. The normalized spacial score (nSPS) is 17.0. The minimum absolute atomic E-state index is 0. The predicted octanol–water partition coefficient (Wildman–Crippen LogP) is 3.05. The second kappa shape index (κ2) is 8.74. The van der Waals surface area contributed by atoms with E-state index < -0.39 is 5.82 Å². The van der Waals surface area contributed by atoms with Crippen molar-refractivity contribution >= 4 is 41.8 Å². The topological polar surface area (TPSA) is 58.1 Å². The molecular formula is C17H23Cl2FN4O. The smallest absolute Gasteiger partial charge is 0.256 e. The molecule has 1 aliphatic rings. The van der Waals surface area contributed by atoms with E-state index in [2.05, 4.69) is 15.3 Å². The van der Waals surface area contributed by atoms with Gasteiger partial charge in [-0.25, -0.2) is 14.4 Å². The first kappa shape index (κ1) is 21.5. The van der Waals surface area contributed by atoms with Crippen molar-refractivity contribution in [1.82, 2.24) is 20.2 Å². The lowest BCUT2D eigenvalue weighted by Gasteiger charge is -2.32. The summed E-state index contributed by atoms with van der Waals surface area (Å²) < 4.78 is 13.9. The van der Waals surface area contributed by atoms with E-state index in [1.54, 1.807) is 4.90 Å². The first-order valence-electron chi connectivity index (χ1n) is 7.90. The van der Waals surface area contributed by atoms with Gasteiger partial charge in [0.25, 0.3) is 5.91 Å². The first-order valence-corrected chi connectivity index (χ1v) is 7.90. The second-order valence-corrected chi connectivity index (χ2v) is 6.09. The van der Waals surface area contributed by atoms with Crippen LogP contribution in [0.2, 0.25) is 0 Å². The van der Waals surface area contributed by atoms with Crippen LogP contribution in [-0.2, 0) is 0 Å². The Morgan fingerprint density at radius 2 is 1.92 bits per heavy atom. The number of hydrogen-bond acceptors (Lipinski definition) is 4. The summed E-state index contributed by atoms with van der Waals surface area (Å²) in [5.74, 6) is -0.632. The SMILES string of the molecule is CNC1CCCN(C(=O)c2cc(F)cc3nc(C)c(C)nc23)C1.Cl.Cl. The van der Waals surface area contributed by atoms with Gasteiger partial charge in [0.05, 0.1) is 22.5 Å². The van der Waals surface area contributed by atoms with Crippen LogP contribution in [0.15, 0.2) is 12.1 Å². The summed E-state index contributed by atoms with van der Waals surface area (Å²) in [5.41, 5.74) is 2.71. The summed E-state index contributed by atoms with van der Waals surface area (Å²) in [7, 11) is 1.90. The quantitative estimate of drug-likeness (QED) is 0.858. The summed E-state index contributed by atoms with van der Waals surface area (Å²) in [5, 5.41) is 3.21. The Bertz CT molecular complexity index is 772. The minimum atomic E-state index is -0.458. The molecule has 1 N–H and O–H groups in total. The van der Waals surface area contributed by atoms with Crippen molar-refractivity contribution in [2.24, 2.45) is 0 Å². The van der Waals surface area contributed by atoms with E-state index in [-0.39, 0.29) is 36.8 Å². The summed E-state index contributed by atoms with van der Waals surface area (Å²) in [4.78, 5) is 23.5. The van der Waals surface area contributed by atoms with Gasteiger partial charge in [-0.3, -0.25) is 4.79 Å². The maximum absolute atomic E-state index is 13.9. The molecule has 25 heavy (non-hydrogen) atoms. The van der Waals surface area contributed by atoms with Gasteiger partial charge in [0.15, 0.2) is 0 Å². The van der Waals surface area contributed by atoms with Crippen LogP contribution in [-0.4, -0.2) is 47.0 Å². The van der Waals surface area contributed by atoms with E-state index in [0.717, 1.165) is 24.2 Å². The molecular weight excluding hydrogens is 366 g/mol. The zero-order valence-electron chi connectivity index (χ0n) is 14.5. The molecule has 2 aromatic rings. The van der Waals surface area contributed by atoms with Crippen molar-refractivity contribution < 1.29 is 9.18 Å². The Morgan fingerprint density at radius 3 is 2.60 bits per heavy atom. The highest BCUT2D eigenvalue weighted by Crippen LogP contribution is 2.22. The average molecular weight is 389 g/mol. The highest BCUT2D eigenvalue weighted by molar-refractivity contribution is 6.04. The molecule has 0 bridgehead atoms. The maximum atomic E-state index is 13.9. The van der Waals surface area contributed by atoms with Crippen LogP contribution in [0.3, 0.4) is 0 Å². The van der Waals surface area contributed by atoms with Gasteiger partial charge in [-0.05, 0) is 39.8 Å². The number of carbonyl (C=O) groups is 1. The molecule has 0 saturated carbocycles. The zero-order chi connectivity index (χ0) is 16.6. The number of likely N-dealkylation sites (tertiary alicyclic amines) is 1. The van der Waals surface area contributed by atoms with Gasteiger partial charge in [0.2, 0.25) is 0 Å². The predicted molar refractivity (Wildman–Crippen MR) is 101 cm³/mol. The van der Waals surface area contributed by atoms with Crippen molar-refractivity contribution in [3.05, 3.63) is 34.9 Å². The summed E-state index contributed by atoms with van der Waals surface area (Å²) in [6.07, 6.45) is 1.98. The van der Waals surface area contributed by atoms with Crippen LogP contribution in [0.1, 0.15) is 34.6 Å². The number of carbonyl (C=O) groups excluding carboxylic acids is 1. The highest BCUT2D eigenvalue weighted by Gasteiger charge is 2.26. The van der Waals surface area contributed by atoms with Crippen LogP contribution >= 0.6 is 24.8 Å². The monoisotopic (exact) mass is 388 g/mol. The number of halogens is 3. The molecule has 1 atom stereocenters. The lowest BCUT2D eigenvalue weighted by molar-refractivity contribution is 0.0699. The average Bonchev–Trinajstić information content (AvgIpc) is 2.55. The number of benzene rings is 1. The van der Waals surface area contributed by atoms with E-state index in [1.165, 1.54) is 12.1 Å². The second-order valence-electron chi connectivity index (χ2n) is 6.09. The standard InChI is InChI=1S/C17H21FN4O.2ClH/c1-10-11(2)21-16-14(7-12(18)8-15(16)20-10)17(23)22-6-4-5-13(9-22)19-3;;/h7-8,13,19H,4-6,9H2,1-3H3;2*1H. The molecule has 8 heteroatoms. The molecule has 1 fully saturated rings. The fourth-order valence-corrected chi connectivity index (χ4v) is 3.03. The molecule has 2 heterocycles. The molecule has 3 rings (SSSR count). The molecule has 1 aliphatic heterocycles. The van der Waals surface area contributed by atoms with Gasteiger partial charge < -0.3 is 10.2 Å². The van der Waals surface area contributed by atoms with Gasteiger partial charge >= 0.3 is 0 Å². The Kier molecular flexibility index (Phi) is 7.53. The number of rotatable bonds is 2. The third-order valence-corrected chi connectivity index (χ3v) is 4.49. The molecule has 1 saturated heterocycles. The van der Waals surface area contributed by atoms with Gasteiger partial charge in [0.1, 0.15) is 11.3 Å². The molecule has 1 aromatic heterocycles. The molecule has 138 valence electrons. The van der Waals surface area contributed by atoms with E-state index >= 15 is 0 Å². The van der Waals surface area contributed by atoms with Crippen molar-refractivity contribution in [1.29, 1.82) is 0 Å². The van der Waals surface area contributed by atoms with Crippen molar-refractivity contribution in [3.63, 3.8) is 0 Å². The molecule has 1 unspecified atom stereocenters. The lowest BCUT2D eigenvalue weighted by atomic mass is 10.0. The van der Waals surface area contributed by atoms with Crippen LogP contribution in [0.4, 0.5) is 4.39 Å². The van der Waals surface area contributed by atoms with Crippen LogP contribution < -0.4 is 5.32 Å². The third kappa shape index (κ3) is 4.37. The zero-order valence-corrected chi connectivity index (χ0v) is 16.1. The van der Waals surface area contributed by atoms with Crippen molar-refractivity contribution in [2.45, 2.75) is 32.7 Å². The number of fused-ring (bicyclic) bond motifs is 1. The van der Waals surface area contributed by atoms with E-state index in [0.29, 0.717) is 29.7 Å². The lowest BCUT2D eigenvalue weighted by Crippen LogP contribution is -2.47. The summed E-state index contributed by atoms with van der Waals surface area (Å²) in [6, 6.07) is 2.89. The number of nitrogens with one attached hydrogen (secondary N) is 1. The maximum Gasteiger partial charge on any atom is 0.256 e. The Balaban J connectivity index is 0.00000156. The highest BCUT2D eigenvalue weighted by atomic mass is 35.5. The van der Waals surface area contributed by atoms with Gasteiger partial charge in [0, 0.05) is 25.2 Å². The van der Waals surface area contributed by atoms with Gasteiger partial charge in [-0.1, -0.05) is 0 Å². The van der Waals surface area contributed by atoms with E-state index in [4.69, 9.17) is 0 Å². The number of hydrogen-bond donors (Lipinski definition) is 1. The Labute approximate surface area is 159 Å². The van der Waals surface area contributed by atoms with Gasteiger partial charge in [-0.15, -0.1) is 24.8 Å². The Hall–Kier alpha value is -1.50. The molecule has 0 aliphatic carbocycles. The van der Waals surface area contributed by atoms with Crippen LogP contribution in [0, 0.1) is 19.7 Å². The summed E-state index contributed by atoms with van der Waals surface area (Å²) in [6.45, 7) is 4.99. The van der Waals surface area contributed by atoms with Crippen LogP contribution in [0.25, 0.3) is 11.0 Å². The van der Waals surface area contributed by atoms with Crippen molar-refractivity contribution in [3.8, 4) is 0 Å². The number of aryl methyl sites for hydroxylation is 2. The van der Waals surface area contributed by atoms with Gasteiger partial charge in [-0.2, -0.15) is 0 Å². The fraction of sp³-hybridized carbons (Fsp3) is 0.471. The van der Waals surface area contributed by atoms with Crippen LogP contribution in [0.5, 0.6) is 0 Å².